The topological polar surface area (TPSA) is 319 Å². The van der Waals surface area contributed by atoms with Crippen molar-refractivity contribution in [3.05, 3.63) is 129 Å². The number of hydrogen-bond donors (Lipinski definition) is 7. The van der Waals surface area contributed by atoms with Crippen molar-refractivity contribution in [1.29, 1.82) is 0 Å². The minimum absolute atomic E-state index is 0.0141. The number of amides is 4. The summed E-state index contributed by atoms with van der Waals surface area (Å²) >= 11 is 0. The van der Waals surface area contributed by atoms with Crippen molar-refractivity contribution in [3.8, 4) is 0 Å². The van der Waals surface area contributed by atoms with E-state index < -0.39 is 95.9 Å². The fourth-order valence-electron chi connectivity index (χ4n) is 9.09. The summed E-state index contributed by atoms with van der Waals surface area (Å²) in [7, 11) is 0. The number of esters is 2. The third-order valence-corrected chi connectivity index (χ3v) is 13.4. The number of nitrogens with two attached hydrogens (primary N) is 1. The third kappa shape index (κ3) is 18.1. The van der Waals surface area contributed by atoms with Gasteiger partial charge in [-0.2, -0.15) is 0 Å². The molecule has 0 bridgehead atoms. The van der Waals surface area contributed by atoms with Crippen molar-refractivity contribution < 1.29 is 62.5 Å². The van der Waals surface area contributed by atoms with Gasteiger partial charge in [0.25, 0.3) is 5.69 Å². The van der Waals surface area contributed by atoms with Crippen LogP contribution >= 0.6 is 0 Å². The van der Waals surface area contributed by atoms with E-state index in [1.165, 1.54) is 26.8 Å². The first-order valence-electron chi connectivity index (χ1n) is 26.6. The number of nitrogens with zero attached hydrogens (tertiary/aromatic N) is 1. The van der Waals surface area contributed by atoms with E-state index in [2.05, 4.69) is 26.3 Å². The minimum Gasteiger partial charge on any atom is -0.463 e. The molecule has 4 aromatic carbocycles. The summed E-state index contributed by atoms with van der Waals surface area (Å²) < 4.78 is 29.5. The van der Waals surface area contributed by atoms with Crippen molar-refractivity contribution in [1.82, 2.24) is 20.9 Å². The summed E-state index contributed by atoms with van der Waals surface area (Å²) in [6.45, 7) is 4.08. The molecule has 0 saturated carbocycles. The number of para-hydroxylation sites is 1. The fourth-order valence-corrected chi connectivity index (χ4v) is 9.09. The number of fused-ring (bicyclic) bond motifs is 2. The van der Waals surface area contributed by atoms with Crippen LogP contribution in [0.2, 0.25) is 0 Å². The first-order valence-corrected chi connectivity index (χ1v) is 26.6. The van der Waals surface area contributed by atoms with Gasteiger partial charge in [-0.1, -0.05) is 111 Å². The van der Waals surface area contributed by atoms with E-state index >= 15 is 0 Å². The predicted octanol–water partition coefficient (Wildman–Crippen LogP) is 5.63. The summed E-state index contributed by atoms with van der Waals surface area (Å²) in [5.74, 6) is -4.15. The van der Waals surface area contributed by atoms with Gasteiger partial charge in [0, 0.05) is 49.0 Å². The SMILES string of the molecule is CC(=O)NC1C(OCc2ccccc2)OC(COC(=O)CCCCCCCCCCNc2ccc([N+](=O)[O-])c3[nH]c4ccccc4c(=O)c23)C(O)C1OC(C)C(=O)NC(C)C(=O)NC(CCC(N)=O)C(=O)OCc1ccccc1. The van der Waals surface area contributed by atoms with E-state index in [1.54, 1.807) is 60.7 Å². The standard InChI is InChI=1S/C57H71N7O15/c1-35(54(70)63-43(28-30-46(58)66)56(72)76-32-38-20-12-10-13-21-38)60-55(71)36(2)78-53-50(61-37(3)65)57(77-33-39-22-14-11-15-23-39)79-45(52(53)69)34-75-47(67)26-16-8-6-4-5-7-9-19-31-59-42-27-29-44(64(73)74)49-48(42)51(68)40-24-17-18-25-41(40)62-49/h10-15,17-18,20-25,27,29,35-36,43,45,50,52-53,57,59,69H,4-9,16,19,26,28,30-34H2,1-3H3,(H2,58,66)(H,60,71)(H,61,65)(H,62,68)(H,63,70). The van der Waals surface area contributed by atoms with Crippen LogP contribution in [0.15, 0.2) is 102 Å². The van der Waals surface area contributed by atoms with Crippen LogP contribution in [-0.2, 0) is 65.7 Å². The molecular weight excluding hydrogens is 1020 g/mol. The number of unbranched alkanes of at least 4 members (excludes halogenated alkanes) is 7. The number of aromatic amines is 1. The largest absolute Gasteiger partial charge is 0.463 e. The number of nitrogens with one attached hydrogen (secondary N) is 5. The summed E-state index contributed by atoms with van der Waals surface area (Å²) in [5.41, 5.74) is 7.58. The van der Waals surface area contributed by atoms with Gasteiger partial charge in [0.05, 0.1) is 16.9 Å². The quantitative estimate of drug-likeness (QED) is 0.00929. The second-order valence-corrected chi connectivity index (χ2v) is 19.5. The molecule has 22 nitrogen and oxygen atoms in total. The van der Waals surface area contributed by atoms with Gasteiger partial charge >= 0.3 is 11.9 Å². The van der Waals surface area contributed by atoms with Crippen LogP contribution < -0.4 is 32.4 Å². The molecule has 1 aliphatic rings. The van der Waals surface area contributed by atoms with Crippen LogP contribution in [0.5, 0.6) is 0 Å². The highest BCUT2D eigenvalue weighted by Gasteiger charge is 2.49. The Balaban J connectivity index is 0.962. The average Bonchev–Trinajstić information content (AvgIpc) is 3.50. The minimum atomic E-state index is -1.58. The zero-order chi connectivity index (χ0) is 56.8. The summed E-state index contributed by atoms with van der Waals surface area (Å²) in [6, 6.07) is 24.1. The molecule has 8 N–H and O–H groups in total. The molecule has 0 spiro atoms. The number of carbonyl (C=O) groups excluding carboxylic acids is 6. The third-order valence-electron chi connectivity index (χ3n) is 13.4. The number of ether oxygens (including phenoxy) is 5. The maximum absolute atomic E-state index is 13.6. The van der Waals surface area contributed by atoms with E-state index in [0.29, 0.717) is 35.1 Å². The molecule has 8 unspecified atom stereocenters. The lowest BCUT2D eigenvalue weighted by molar-refractivity contribution is -0.383. The van der Waals surface area contributed by atoms with E-state index in [1.807, 2.05) is 30.3 Å². The Kier molecular flexibility index (Phi) is 23.2. The van der Waals surface area contributed by atoms with Gasteiger partial charge in [0.15, 0.2) is 11.7 Å². The first kappa shape index (κ1) is 60.4. The zero-order valence-corrected chi connectivity index (χ0v) is 44.7. The Hall–Kier alpha value is -7.79. The summed E-state index contributed by atoms with van der Waals surface area (Å²) in [5, 5.41) is 35.3. The number of aliphatic hydroxyl groups is 1. The van der Waals surface area contributed by atoms with Gasteiger partial charge < -0.3 is 60.8 Å². The maximum atomic E-state index is 13.6. The highest BCUT2D eigenvalue weighted by atomic mass is 16.7. The van der Waals surface area contributed by atoms with Crippen LogP contribution in [-0.4, -0.2) is 113 Å². The maximum Gasteiger partial charge on any atom is 0.328 e. The number of pyridine rings is 1. The highest BCUT2D eigenvalue weighted by Crippen LogP contribution is 2.31. The molecule has 2 heterocycles. The van der Waals surface area contributed by atoms with Gasteiger partial charge in [-0.3, -0.25) is 38.9 Å². The number of aromatic nitrogens is 1. The summed E-state index contributed by atoms with van der Waals surface area (Å²) in [6.07, 6.45) is -0.219. The first-order chi connectivity index (χ1) is 38.0. The Morgan fingerprint density at radius 1 is 0.785 bits per heavy atom. The molecule has 6 rings (SSSR count). The van der Waals surface area contributed by atoms with Gasteiger partial charge in [-0.15, -0.1) is 0 Å². The molecule has 22 heteroatoms. The number of anilines is 1. The number of nitro groups is 1. The fraction of sp³-hybridized carbons (Fsp3) is 0.456. The van der Waals surface area contributed by atoms with E-state index in [-0.39, 0.29) is 54.5 Å². The van der Waals surface area contributed by atoms with Gasteiger partial charge in [0.1, 0.15) is 61.3 Å². The molecule has 5 aromatic rings. The smallest absolute Gasteiger partial charge is 0.328 e. The monoisotopic (exact) mass is 1090 g/mol. The van der Waals surface area contributed by atoms with E-state index in [0.717, 1.165) is 50.5 Å². The normalized spacial score (nSPS) is 18.2. The van der Waals surface area contributed by atoms with Gasteiger partial charge in [-0.25, -0.2) is 4.79 Å². The molecule has 4 amide bonds. The van der Waals surface area contributed by atoms with Crippen LogP contribution in [0.3, 0.4) is 0 Å². The number of H-pyrrole nitrogens is 1. The molecule has 1 saturated heterocycles. The van der Waals surface area contributed by atoms with Crippen molar-refractivity contribution in [2.45, 2.75) is 153 Å². The lowest BCUT2D eigenvalue weighted by Crippen LogP contribution is -2.66. The van der Waals surface area contributed by atoms with Crippen molar-refractivity contribution in [3.63, 3.8) is 0 Å². The van der Waals surface area contributed by atoms with Crippen molar-refractivity contribution >= 4 is 68.7 Å². The van der Waals surface area contributed by atoms with Crippen LogP contribution in [0, 0.1) is 10.1 Å². The Morgan fingerprint density at radius 2 is 1.42 bits per heavy atom. The summed E-state index contributed by atoms with van der Waals surface area (Å²) in [4.78, 5) is 105. The van der Waals surface area contributed by atoms with E-state index in [4.69, 9.17) is 29.4 Å². The molecule has 8 atom stereocenters. The lowest BCUT2D eigenvalue weighted by Gasteiger charge is -2.45. The molecule has 79 heavy (non-hydrogen) atoms. The second kappa shape index (κ2) is 30.4. The number of nitro benzene ring substituents is 1. The molecule has 0 aliphatic carbocycles. The number of primary amides is 1. The second-order valence-electron chi connectivity index (χ2n) is 19.5. The van der Waals surface area contributed by atoms with Crippen LogP contribution in [0.25, 0.3) is 21.8 Å². The Bertz CT molecular complexity index is 2920. The molecule has 1 aromatic heterocycles. The Morgan fingerprint density at radius 3 is 2.08 bits per heavy atom. The average molecular weight is 1090 g/mol. The predicted molar refractivity (Wildman–Crippen MR) is 292 cm³/mol. The number of hydrogen-bond acceptors (Lipinski definition) is 16. The van der Waals surface area contributed by atoms with Gasteiger partial charge in [0.2, 0.25) is 23.6 Å². The van der Waals surface area contributed by atoms with Crippen LogP contribution in [0.1, 0.15) is 103 Å². The van der Waals surface area contributed by atoms with Crippen molar-refractivity contribution in [2.24, 2.45) is 5.73 Å². The van der Waals surface area contributed by atoms with Crippen molar-refractivity contribution in [2.75, 3.05) is 18.5 Å². The van der Waals surface area contributed by atoms with E-state index in [9.17, 15) is 48.8 Å². The van der Waals surface area contributed by atoms with Gasteiger partial charge in [-0.05, 0) is 62.4 Å². The zero-order valence-electron chi connectivity index (χ0n) is 44.7. The number of benzene rings is 4. The Labute approximate surface area is 456 Å². The number of non-ortho nitro benzene ring substituents is 1. The van der Waals surface area contributed by atoms with Crippen LogP contribution in [0.4, 0.5) is 11.4 Å². The molecule has 0 radical (unpaired) electrons. The number of aliphatic hydroxyl groups excluding tert-OH is 1. The molecule has 1 aliphatic heterocycles. The molecule has 424 valence electrons. The molecular formula is C57H71N7O15. The highest BCUT2D eigenvalue weighted by molar-refractivity contribution is 6.03. The lowest BCUT2D eigenvalue weighted by atomic mass is 9.96. The number of carbonyl (C=O) groups is 6. The number of rotatable bonds is 31. The molecule has 1 fully saturated rings.